The Morgan fingerprint density at radius 3 is 2.91 bits per heavy atom. The molecule has 1 aliphatic rings. The van der Waals surface area contributed by atoms with E-state index in [4.69, 9.17) is 0 Å². The van der Waals surface area contributed by atoms with Crippen LogP contribution < -0.4 is 0 Å². The highest BCUT2D eigenvalue weighted by Crippen LogP contribution is 2.39. The Balaban J connectivity index is 1.73. The van der Waals surface area contributed by atoms with Crippen molar-refractivity contribution in [3.8, 4) is 0 Å². The van der Waals surface area contributed by atoms with Gasteiger partial charge in [-0.25, -0.2) is 4.98 Å². The van der Waals surface area contributed by atoms with E-state index in [0.29, 0.717) is 18.2 Å². The van der Waals surface area contributed by atoms with Gasteiger partial charge >= 0.3 is 0 Å². The number of carbonyl (C=O) groups is 1. The van der Waals surface area contributed by atoms with Gasteiger partial charge in [0, 0.05) is 55.4 Å². The van der Waals surface area contributed by atoms with Crippen molar-refractivity contribution >= 4 is 16.7 Å². The van der Waals surface area contributed by atoms with Crippen molar-refractivity contribution in [3.63, 3.8) is 0 Å². The van der Waals surface area contributed by atoms with Crippen LogP contribution >= 0.6 is 0 Å². The smallest absolute Gasteiger partial charge is 0.198 e. The van der Waals surface area contributed by atoms with E-state index in [9.17, 15) is 4.79 Å². The summed E-state index contributed by atoms with van der Waals surface area (Å²) in [4.78, 5) is 16.8. The van der Waals surface area contributed by atoms with Crippen LogP contribution in [0.2, 0.25) is 0 Å². The van der Waals surface area contributed by atoms with E-state index in [1.54, 1.807) is 6.20 Å². The number of imidazole rings is 1. The number of aryl methyl sites for hydroxylation is 3. The van der Waals surface area contributed by atoms with Crippen LogP contribution in [0.1, 0.15) is 47.1 Å². The fourth-order valence-corrected chi connectivity index (χ4v) is 4.08. The van der Waals surface area contributed by atoms with Crippen molar-refractivity contribution in [3.05, 3.63) is 53.7 Å². The first-order chi connectivity index (χ1) is 11.2. The second-order valence-corrected chi connectivity index (χ2v) is 6.52. The molecule has 4 nitrogen and oxygen atoms in total. The van der Waals surface area contributed by atoms with Crippen molar-refractivity contribution in [1.82, 2.24) is 14.1 Å². The molecule has 0 spiro atoms. The molecule has 4 rings (SSSR count). The molecular formula is C19H21N3O. The molecule has 0 N–H and O–H groups in total. The largest absolute Gasteiger partial charge is 0.347 e. The molecule has 1 atom stereocenters. The number of hydrogen-bond acceptors (Lipinski definition) is 2. The van der Waals surface area contributed by atoms with Gasteiger partial charge in [0.25, 0.3) is 0 Å². The van der Waals surface area contributed by atoms with Crippen molar-refractivity contribution in [1.29, 1.82) is 0 Å². The Bertz CT molecular complexity index is 887. The summed E-state index contributed by atoms with van der Waals surface area (Å²) < 4.78 is 4.10. The van der Waals surface area contributed by atoms with Crippen molar-refractivity contribution in [2.24, 2.45) is 14.1 Å². The summed E-state index contributed by atoms with van der Waals surface area (Å²) in [5.74, 6) is 0.997. The highest BCUT2D eigenvalue weighted by Gasteiger charge is 2.29. The molecule has 23 heavy (non-hydrogen) atoms. The van der Waals surface area contributed by atoms with Crippen LogP contribution in [-0.4, -0.2) is 19.9 Å². The number of carbonyl (C=O) groups excluding carboxylic acids is 1. The van der Waals surface area contributed by atoms with Gasteiger partial charge in [-0.3, -0.25) is 4.79 Å². The topological polar surface area (TPSA) is 39.8 Å². The SMILES string of the molecule is Cn1ccnc1C(=O)C[C@@H]1CCCc2c1n(C)c1ccccc21. The summed E-state index contributed by atoms with van der Waals surface area (Å²) in [5.41, 5.74) is 4.06. The first kappa shape index (κ1) is 14.2. The lowest BCUT2D eigenvalue weighted by atomic mass is 9.83. The second kappa shape index (κ2) is 5.37. The normalized spacial score (nSPS) is 17.4. The molecule has 0 bridgehead atoms. The average Bonchev–Trinajstić information content (AvgIpc) is 3.11. The Morgan fingerprint density at radius 2 is 2.13 bits per heavy atom. The van der Waals surface area contributed by atoms with E-state index in [1.807, 2.05) is 17.8 Å². The lowest BCUT2D eigenvalue weighted by Crippen LogP contribution is -2.18. The predicted molar refractivity (Wildman–Crippen MR) is 90.8 cm³/mol. The van der Waals surface area contributed by atoms with Crippen LogP contribution in [0.15, 0.2) is 36.7 Å². The molecular weight excluding hydrogens is 286 g/mol. The predicted octanol–water partition coefficient (Wildman–Crippen LogP) is 3.60. The average molecular weight is 307 g/mol. The van der Waals surface area contributed by atoms with Crippen molar-refractivity contribution in [2.45, 2.75) is 31.6 Å². The summed E-state index contributed by atoms with van der Waals surface area (Å²) in [6.07, 6.45) is 7.41. The lowest BCUT2D eigenvalue weighted by molar-refractivity contribution is 0.0957. The molecule has 0 saturated carbocycles. The van der Waals surface area contributed by atoms with E-state index >= 15 is 0 Å². The highest BCUT2D eigenvalue weighted by atomic mass is 16.1. The Hall–Kier alpha value is -2.36. The second-order valence-electron chi connectivity index (χ2n) is 6.52. The van der Waals surface area contributed by atoms with Gasteiger partial charge in [-0.2, -0.15) is 0 Å². The number of rotatable bonds is 3. The first-order valence-electron chi connectivity index (χ1n) is 8.23. The third-order valence-electron chi connectivity index (χ3n) is 5.13. The van der Waals surface area contributed by atoms with Crippen molar-refractivity contribution in [2.75, 3.05) is 0 Å². The monoisotopic (exact) mass is 307 g/mol. The molecule has 0 saturated heterocycles. The van der Waals surface area contributed by atoms with Gasteiger partial charge in [0.2, 0.25) is 0 Å². The number of Topliss-reactive ketones (excluding diaryl/α,β-unsaturated/α-hetero) is 1. The highest BCUT2D eigenvalue weighted by molar-refractivity contribution is 5.94. The van der Waals surface area contributed by atoms with Crippen LogP contribution in [0, 0.1) is 0 Å². The maximum absolute atomic E-state index is 12.6. The van der Waals surface area contributed by atoms with Crippen LogP contribution in [0.5, 0.6) is 0 Å². The zero-order valence-corrected chi connectivity index (χ0v) is 13.6. The molecule has 2 aromatic heterocycles. The number of benzene rings is 1. The zero-order valence-electron chi connectivity index (χ0n) is 13.6. The molecule has 0 amide bonds. The maximum Gasteiger partial charge on any atom is 0.198 e. The van der Waals surface area contributed by atoms with Crippen LogP contribution in [0.3, 0.4) is 0 Å². The standard InChI is InChI=1S/C19H21N3O/c1-21-11-10-20-19(21)17(23)12-13-6-5-8-15-14-7-3-4-9-16(14)22(2)18(13)15/h3-4,7,9-11,13H,5-6,8,12H2,1-2H3/t13-/m0/s1. The minimum absolute atomic E-state index is 0.139. The van der Waals surface area contributed by atoms with Gasteiger partial charge in [0.1, 0.15) is 0 Å². The molecule has 0 aliphatic heterocycles. The molecule has 0 unspecified atom stereocenters. The van der Waals surface area contributed by atoms with Gasteiger partial charge in [0.05, 0.1) is 0 Å². The lowest BCUT2D eigenvalue weighted by Gasteiger charge is -2.24. The van der Waals surface area contributed by atoms with E-state index in [0.717, 1.165) is 19.3 Å². The number of para-hydroxylation sites is 1. The summed E-state index contributed by atoms with van der Waals surface area (Å²) in [6.45, 7) is 0. The van der Waals surface area contributed by atoms with Gasteiger partial charge in [-0.05, 0) is 30.9 Å². The molecule has 2 heterocycles. The van der Waals surface area contributed by atoms with Crippen LogP contribution in [0.4, 0.5) is 0 Å². The zero-order chi connectivity index (χ0) is 16.0. The van der Waals surface area contributed by atoms with Gasteiger partial charge < -0.3 is 9.13 Å². The quantitative estimate of drug-likeness (QED) is 0.694. The summed E-state index contributed by atoms with van der Waals surface area (Å²) in [6, 6.07) is 8.56. The van der Waals surface area contributed by atoms with Gasteiger partial charge in [0.15, 0.2) is 11.6 Å². The molecule has 3 aromatic rings. The Kier molecular flexibility index (Phi) is 3.33. The van der Waals surface area contributed by atoms with Crippen LogP contribution in [-0.2, 0) is 20.5 Å². The van der Waals surface area contributed by atoms with E-state index in [2.05, 4.69) is 40.9 Å². The number of aromatic nitrogens is 3. The minimum Gasteiger partial charge on any atom is -0.347 e. The number of hydrogen-bond donors (Lipinski definition) is 0. The third-order valence-corrected chi connectivity index (χ3v) is 5.13. The fourth-order valence-electron chi connectivity index (χ4n) is 4.08. The number of fused-ring (bicyclic) bond motifs is 3. The Labute approximate surface area is 135 Å². The van der Waals surface area contributed by atoms with Crippen LogP contribution in [0.25, 0.3) is 10.9 Å². The Morgan fingerprint density at radius 1 is 1.30 bits per heavy atom. The molecule has 0 fully saturated rings. The number of nitrogens with zero attached hydrogens (tertiary/aromatic N) is 3. The minimum atomic E-state index is 0.139. The molecule has 0 radical (unpaired) electrons. The summed E-state index contributed by atoms with van der Waals surface area (Å²) in [5, 5.41) is 1.35. The molecule has 1 aliphatic carbocycles. The fraction of sp³-hybridized carbons (Fsp3) is 0.368. The summed E-state index contributed by atoms with van der Waals surface area (Å²) >= 11 is 0. The van der Waals surface area contributed by atoms with Crippen molar-refractivity contribution < 1.29 is 4.79 Å². The molecule has 4 heteroatoms. The van der Waals surface area contributed by atoms with E-state index < -0.39 is 0 Å². The third kappa shape index (κ3) is 2.21. The van der Waals surface area contributed by atoms with E-state index in [-0.39, 0.29) is 5.78 Å². The van der Waals surface area contributed by atoms with Gasteiger partial charge in [-0.15, -0.1) is 0 Å². The maximum atomic E-state index is 12.6. The number of ketones is 1. The molecule has 1 aromatic carbocycles. The van der Waals surface area contributed by atoms with E-state index in [1.165, 1.54) is 22.2 Å². The molecule has 118 valence electrons. The first-order valence-corrected chi connectivity index (χ1v) is 8.23. The van der Waals surface area contributed by atoms with Gasteiger partial charge in [-0.1, -0.05) is 18.2 Å². The summed E-state index contributed by atoms with van der Waals surface area (Å²) in [7, 11) is 4.01.